The van der Waals surface area contributed by atoms with Crippen molar-refractivity contribution in [1.29, 1.82) is 0 Å². The molecule has 0 bridgehead atoms. The van der Waals surface area contributed by atoms with Crippen LogP contribution in [0.1, 0.15) is 0 Å². The van der Waals surface area contributed by atoms with Crippen molar-refractivity contribution in [1.82, 2.24) is 9.97 Å². The third kappa shape index (κ3) is 4.29. The molecule has 9 aromatic rings. The van der Waals surface area contributed by atoms with Gasteiger partial charge in [-0.05, 0) is 51.4 Å². The van der Waals surface area contributed by atoms with E-state index in [9.17, 15) is 0 Å². The Kier molecular flexibility index (Phi) is 5.82. The van der Waals surface area contributed by atoms with E-state index >= 15 is 0 Å². The molecule has 210 valence electrons. The first-order valence-corrected chi connectivity index (χ1v) is 15.2. The fourth-order valence-corrected chi connectivity index (χ4v) is 6.48. The minimum absolute atomic E-state index is 0.634. The van der Waals surface area contributed by atoms with Crippen LogP contribution in [-0.4, -0.2) is 9.97 Å². The molecule has 7 aromatic carbocycles. The van der Waals surface area contributed by atoms with Gasteiger partial charge < -0.3 is 4.42 Å². The minimum Gasteiger partial charge on any atom is -0.455 e. The molecule has 45 heavy (non-hydrogen) atoms. The minimum atomic E-state index is 0.634. The molecule has 0 aliphatic rings. The fraction of sp³-hybridized carbons (Fsp3) is 0. The summed E-state index contributed by atoms with van der Waals surface area (Å²) < 4.78 is 6.90. The molecule has 0 amide bonds. The maximum absolute atomic E-state index is 6.90. The van der Waals surface area contributed by atoms with Gasteiger partial charge in [0.2, 0.25) is 0 Å². The van der Waals surface area contributed by atoms with Crippen LogP contribution in [0.2, 0.25) is 0 Å². The number of benzene rings is 7. The summed E-state index contributed by atoms with van der Waals surface area (Å²) in [6.07, 6.45) is 0. The van der Waals surface area contributed by atoms with Crippen LogP contribution in [0.25, 0.3) is 88.5 Å². The Hall–Kier alpha value is -6.06. The maximum atomic E-state index is 6.90. The summed E-state index contributed by atoms with van der Waals surface area (Å²) in [6, 6.07) is 54.9. The predicted molar refractivity (Wildman–Crippen MR) is 186 cm³/mol. The lowest BCUT2D eigenvalue weighted by Gasteiger charge is -2.10. The molecule has 0 fully saturated rings. The van der Waals surface area contributed by atoms with Gasteiger partial charge in [0.05, 0.1) is 17.0 Å². The topological polar surface area (TPSA) is 38.9 Å². The molecule has 9 rings (SSSR count). The van der Waals surface area contributed by atoms with Gasteiger partial charge in [0.25, 0.3) is 0 Å². The summed E-state index contributed by atoms with van der Waals surface area (Å²) in [4.78, 5) is 10.3. The molecule has 3 heteroatoms. The van der Waals surface area contributed by atoms with Crippen LogP contribution in [0.4, 0.5) is 0 Å². The van der Waals surface area contributed by atoms with E-state index in [0.29, 0.717) is 5.82 Å². The smallest absolute Gasteiger partial charge is 0.164 e. The van der Waals surface area contributed by atoms with Crippen LogP contribution in [-0.2, 0) is 0 Å². The van der Waals surface area contributed by atoms with Crippen molar-refractivity contribution in [2.24, 2.45) is 0 Å². The first kappa shape index (κ1) is 25.4. The second kappa shape index (κ2) is 10.3. The zero-order valence-electron chi connectivity index (χ0n) is 24.3. The summed E-state index contributed by atoms with van der Waals surface area (Å²) in [5.41, 5.74) is 8.57. The van der Waals surface area contributed by atoms with E-state index in [2.05, 4.69) is 133 Å². The Balaban J connectivity index is 1.32. The van der Waals surface area contributed by atoms with E-state index in [4.69, 9.17) is 14.4 Å². The number of nitrogens with zero attached hydrogens (tertiary/aromatic N) is 2. The lowest BCUT2D eigenvalue weighted by atomic mass is 9.95. The number of aromatic nitrogens is 2. The molecule has 0 N–H and O–H groups in total. The highest BCUT2D eigenvalue weighted by atomic mass is 16.3. The van der Waals surface area contributed by atoms with Crippen molar-refractivity contribution in [3.8, 4) is 45.0 Å². The second-order valence-electron chi connectivity index (χ2n) is 11.4. The van der Waals surface area contributed by atoms with Crippen LogP contribution < -0.4 is 0 Å². The van der Waals surface area contributed by atoms with Gasteiger partial charge in [-0.3, -0.25) is 0 Å². The number of furan rings is 1. The molecule has 0 saturated heterocycles. The van der Waals surface area contributed by atoms with Gasteiger partial charge in [-0.1, -0.05) is 133 Å². The molecule has 0 spiro atoms. The van der Waals surface area contributed by atoms with Crippen molar-refractivity contribution in [2.75, 3.05) is 0 Å². The van der Waals surface area contributed by atoms with Crippen molar-refractivity contribution in [2.45, 2.75) is 0 Å². The normalized spacial score (nSPS) is 11.6. The molecule has 0 atom stereocenters. The summed E-state index contributed by atoms with van der Waals surface area (Å²) in [7, 11) is 0. The number of hydrogen-bond donors (Lipinski definition) is 0. The molecule has 2 aromatic heterocycles. The van der Waals surface area contributed by atoms with Gasteiger partial charge in [0.1, 0.15) is 11.2 Å². The standard InChI is InChI=1S/C42H26N2O/c1-3-13-28(14-4-1)37-26-38(32-23-22-27-12-7-8-17-30(27)24-32)44-42(43-37)35-21-11-20-34-36-25-31-18-9-10-19-33(31)39(41(36)45-40(34)35)29-15-5-2-6-16-29/h1-26H. The van der Waals surface area contributed by atoms with Gasteiger partial charge in [0, 0.05) is 27.5 Å². The van der Waals surface area contributed by atoms with E-state index in [1.54, 1.807) is 0 Å². The SMILES string of the molecule is c1ccc(-c2cc(-c3ccc4ccccc4c3)nc(-c3cccc4c3oc3c(-c5ccccc5)c5ccccc5cc34)n2)cc1. The lowest BCUT2D eigenvalue weighted by Crippen LogP contribution is -1.96. The summed E-state index contributed by atoms with van der Waals surface area (Å²) in [6.45, 7) is 0. The van der Waals surface area contributed by atoms with Crippen LogP contribution in [0.5, 0.6) is 0 Å². The Labute approximate surface area is 260 Å². The Morgan fingerprint density at radius 3 is 1.82 bits per heavy atom. The largest absolute Gasteiger partial charge is 0.455 e. The van der Waals surface area contributed by atoms with E-state index in [1.807, 2.05) is 24.3 Å². The first-order chi connectivity index (χ1) is 22.3. The van der Waals surface area contributed by atoms with Crippen molar-refractivity contribution < 1.29 is 4.42 Å². The lowest BCUT2D eigenvalue weighted by molar-refractivity contribution is 0.671. The van der Waals surface area contributed by atoms with Gasteiger partial charge >= 0.3 is 0 Å². The molecular weight excluding hydrogens is 548 g/mol. The molecule has 0 aliphatic heterocycles. The van der Waals surface area contributed by atoms with E-state index < -0.39 is 0 Å². The third-order valence-corrected chi connectivity index (χ3v) is 8.66. The highest BCUT2D eigenvalue weighted by Gasteiger charge is 2.20. The Bertz CT molecular complexity index is 2530. The van der Waals surface area contributed by atoms with E-state index in [1.165, 1.54) is 16.2 Å². The number of para-hydroxylation sites is 1. The molecule has 0 aliphatic carbocycles. The first-order valence-electron chi connectivity index (χ1n) is 15.2. The Morgan fingerprint density at radius 1 is 0.378 bits per heavy atom. The molecule has 3 nitrogen and oxygen atoms in total. The zero-order chi connectivity index (χ0) is 29.7. The molecule has 0 saturated carbocycles. The number of fused-ring (bicyclic) bond motifs is 5. The summed E-state index contributed by atoms with van der Waals surface area (Å²) in [5.74, 6) is 0.634. The van der Waals surface area contributed by atoms with Crippen LogP contribution in [0, 0.1) is 0 Å². The fourth-order valence-electron chi connectivity index (χ4n) is 6.48. The average Bonchev–Trinajstić information content (AvgIpc) is 3.49. The van der Waals surface area contributed by atoms with Crippen LogP contribution in [0.15, 0.2) is 162 Å². The van der Waals surface area contributed by atoms with Gasteiger partial charge in [-0.15, -0.1) is 0 Å². The summed E-state index contributed by atoms with van der Waals surface area (Å²) in [5, 5.41) is 6.85. The number of hydrogen-bond acceptors (Lipinski definition) is 3. The van der Waals surface area contributed by atoms with E-state index in [0.717, 1.165) is 66.5 Å². The zero-order valence-corrected chi connectivity index (χ0v) is 24.3. The molecular formula is C42H26N2O. The number of rotatable bonds is 4. The van der Waals surface area contributed by atoms with Gasteiger partial charge in [-0.2, -0.15) is 0 Å². The summed E-state index contributed by atoms with van der Waals surface area (Å²) >= 11 is 0. The van der Waals surface area contributed by atoms with Gasteiger partial charge in [-0.25, -0.2) is 9.97 Å². The Morgan fingerprint density at radius 2 is 1.02 bits per heavy atom. The van der Waals surface area contributed by atoms with Crippen molar-refractivity contribution in [3.63, 3.8) is 0 Å². The highest BCUT2D eigenvalue weighted by Crippen LogP contribution is 2.43. The van der Waals surface area contributed by atoms with Crippen molar-refractivity contribution >= 4 is 43.5 Å². The molecule has 0 radical (unpaired) electrons. The second-order valence-corrected chi connectivity index (χ2v) is 11.4. The quantitative estimate of drug-likeness (QED) is 0.210. The van der Waals surface area contributed by atoms with Crippen LogP contribution >= 0.6 is 0 Å². The molecule has 2 heterocycles. The maximum Gasteiger partial charge on any atom is 0.164 e. The van der Waals surface area contributed by atoms with Gasteiger partial charge in [0.15, 0.2) is 5.82 Å². The average molecular weight is 575 g/mol. The van der Waals surface area contributed by atoms with Crippen LogP contribution in [0.3, 0.4) is 0 Å². The molecule has 0 unspecified atom stereocenters. The monoisotopic (exact) mass is 574 g/mol. The third-order valence-electron chi connectivity index (χ3n) is 8.66. The van der Waals surface area contributed by atoms with Crippen molar-refractivity contribution in [3.05, 3.63) is 158 Å². The highest BCUT2D eigenvalue weighted by molar-refractivity contribution is 6.19. The predicted octanol–water partition coefficient (Wildman–Crippen LogP) is 11.4. The van der Waals surface area contributed by atoms with E-state index in [-0.39, 0.29) is 0 Å².